The maximum absolute atomic E-state index is 5.59. The van der Waals surface area contributed by atoms with Gasteiger partial charge in [-0.05, 0) is 59.0 Å². The van der Waals surface area contributed by atoms with Crippen molar-refractivity contribution in [1.82, 2.24) is 0 Å². The normalized spacial score (nSPS) is 11.3. The summed E-state index contributed by atoms with van der Waals surface area (Å²) < 4.78 is 6.76. The average Bonchev–Trinajstić information content (AvgIpc) is 2.63. The molecule has 0 saturated carbocycles. The SMILES string of the molecule is [BH3-][P+](c1ccccc1)(c1ccccc1)c1ccc(I)c(OC)c1. The van der Waals surface area contributed by atoms with Crippen LogP contribution in [0.5, 0.6) is 5.75 Å². The summed E-state index contributed by atoms with van der Waals surface area (Å²) in [5, 5.41) is 4.44. The van der Waals surface area contributed by atoms with Gasteiger partial charge < -0.3 is 4.74 Å². The first-order chi connectivity index (χ1) is 11.2. The third kappa shape index (κ3) is 3.18. The molecule has 3 aromatic rings. The van der Waals surface area contributed by atoms with Crippen molar-refractivity contribution < 1.29 is 4.74 Å². The zero-order valence-electron chi connectivity index (χ0n) is 12.2. The largest absolute Gasteiger partial charge is 0.495 e. The predicted octanol–water partition coefficient (Wildman–Crippen LogP) is 2.87. The minimum absolute atomic E-state index is 0.0379. The molecular weight excluding hydrogens is 413 g/mol. The Bertz CT molecular complexity index is 753. The van der Waals surface area contributed by atoms with E-state index in [2.05, 4.69) is 101 Å². The first-order valence-electron chi connectivity index (χ1n) is 7.03. The molecule has 0 radical (unpaired) electrons. The Balaban J connectivity index is 2.25. The lowest BCUT2D eigenvalue weighted by Crippen LogP contribution is -2.31. The van der Waals surface area contributed by atoms with Crippen molar-refractivity contribution in [3.8, 4) is 5.75 Å². The third-order valence-electron chi connectivity index (χ3n) is 3.42. The van der Waals surface area contributed by atoms with Crippen LogP contribution in [-0.4, -0.2) is 14.7 Å². The van der Waals surface area contributed by atoms with Gasteiger partial charge in [0.1, 0.15) is 13.3 Å². The molecule has 3 rings (SSSR count). The van der Waals surface area contributed by atoms with Gasteiger partial charge in [-0.2, -0.15) is 0 Å². The molecule has 0 bridgehead atoms. The summed E-state index contributed by atoms with van der Waals surface area (Å²) in [5.41, 5.74) is 0. The van der Waals surface area contributed by atoms with Gasteiger partial charge in [-0.25, -0.2) is 0 Å². The van der Waals surface area contributed by atoms with Gasteiger partial charge in [0.2, 0.25) is 0 Å². The van der Waals surface area contributed by atoms with Crippen LogP contribution in [0.3, 0.4) is 0 Å². The van der Waals surface area contributed by atoms with Crippen molar-refractivity contribution in [3.63, 3.8) is 0 Å². The second kappa shape index (κ2) is 7.06. The molecule has 0 N–H and O–H groups in total. The van der Waals surface area contributed by atoms with Gasteiger partial charge in [0.05, 0.1) is 26.6 Å². The predicted molar refractivity (Wildman–Crippen MR) is 114 cm³/mol. The number of halogens is 1. The van der Waals surface area contributed by atoms with E-state index in [1.165, 1.54) is 19.5 Å². The number of rotatable bonds is 4. The molecule has 0 spiro atoms. The molecule has 0 amide bonds. The number of benzene rings is 3. The van der Waals surface area contributed by atoms with Crippen LogP contribution >= 0.6 is 29.7 Å². The zero-order valence-corrected chi connectivity index (χ0v) is 15.3. The van der Waals surface area contributed by atoms with Crippen molar-refractivity contribution in [3.05, 3.63) is 82.4 Å². The Morgan fingerprint density at radius 3 is 1.78 bits per heavy atom. The van der Waals surface area contributed by atoms with Gasteiger partial charge in [-0.15, -0.1) is 0 Å². The third-order valence-corrected chi connectivity index (χ3v) is 6.74. The standard InChI is InChI=1S/C19H19BIOP/c1-22-19-14-17(12-13-18(19)21)23(20,15-8-4-2-5-9-15)16-10-6-3-7-11-16/h2-14H,1,20H3. The van der Waals surface area contributed by atoms with Crippen molar-refractivity contribution in [1.29, 1.82) is 0 Å². The van der Waals surface area contributed by atoms with E-state index in [0.29, 0.717) is 0 Å². The molecule has 23 heavy (non-hydrogen) atoms. The van der Waals surface area contributed by atoms with Crippen LogP contribution in [-0.2, 0) is 0 Å². The van der Waals surface area contributed by atoms with E-state index in [1.807, 2.05) is 0 Å². The molecular formula is C19H19BIOP. The van der Waals surface area contributed by atoms with E-state index in [1.54, 1.807) is 7.11 Å². The topological polar surface area (TPSA) is 9.23 Å². The molecule has 0 aliphatic carbocycles. The van der Waals surface area contributed by atoms with E-state index < -0.39 is 7.14 Å². The van der Waals surface area contributed by atoms with Gasteiger partial charge in [-0.1, -0.05) is 43.5 Å². The highest BCUT2D eigenvalue weighted by Crippen LogP contribution is 2.50. The van der Waals surface area contributed by atoms with E-state index >= 15 is 0 Å². The molecule has 116 valence electrons. The first-order valence-corrected chi connectivity index (χ1v) is 9.45. The van der Waals surface area contributed by atoms with Gasteiger partial charge in [0.15, 0.2) is 0 Å². The molecule has 0 atom stereocenters. The molecule has 0 fully saturated rings. The lowest BCUT2D eigenvalue weighted by atomic mass is 10.3. The van der Waals surface area contributed by atoms with Crippen molar-refractivity contribution in [2.24, 2.45) is 0 Å². The molecule has 0 heterocycles. The fourth-order valence-electron chi connectivity index (χ4n) is 2.39. The van der Waals surface area contributed by atoms with Crippen LogP contribution in [0.4, 0.5) is 0 Å². The fourth-order valence-corrected chi connectivity index (χ4v) is 5.25. The van der Waals surface area contributed by atoms with E-state index in [4.69, 9.17) is 4.74 Å². The van der Waals surface area contributed by atoms with Crippen LogP contribution < -0.4 is 20.7 Å². The van der Waals surface area contributed by atoms with Crippen LogP contribution in [0.2, 0.25) is 0 Å². The molecule has 3 aromatic carbocycles. The van der Waals surface area contributed by atoms with Crippen LogP contribution in [0.25, 0.3) is 0 Å². The number of hydrogen-bond donors (Lipinski definition) is 0. The number of ether oxygens (including phenoxy) is 1. The summed E-state index contributed by atoms with van der Waals surface area (Å²) in [6, 6.07) is 28.9. The van der Waals surface area contributed by atoms with E-state index in [9.17, 15) is 0 Å². The average molecular weight is 432 g/mol. The van der Waals surface area contributed by atoms with Crippen molar-refractivity contribution in [2.75, 3.05) is 7.11 Å². The lowest BCUT2D eigenvalue weighted by molar-refractivity contribution is 0.412. The van der Waals surface area contributed by atoms with Crippen LogP contribution in [0.1, 0.15) is 0 Å². The monoisotopic (exact) mass is 432 g/mol. The summed E-state index contributed by atoms with van der Waals surface area (Å²) >= 11 is 2.34. The van der Waals surface area contributed by atoms with Gasteiger partial charge in [0, 0.05) is 6.07 Å². The highest BCUT2D eigenvalue weighted by Gasteiger charge is 2.33. The molecule has 0 saturated heterocycles. The summed E-state index contributed by atoms with van der Waals surface area (Å²) in [6.45, 7) is 0. The first kappa shape index (κ1) is 16.5. The van der Waals surface area contributed by atoms with Crippen molar-refractivity contribution >= 4 is 53.2 Å². The highest BCUT2D eigenvalue weighted by molar-refractivity contribution is 14.1. The molecule has 1 nitrogen and oxygen atoms in total. The Morgan fingerprint density at radius 2 is 1.30 bits per heavy atom. The minimum Gasteiger partial charge on any atom is -0.495 e. The van der Waals surface area contributed by atoms with Gasteiger partial charge in [-0.3, -0.25) is 0 Å². The number of methoxy groups -OCH3 is 1. The summed E-state index contributed by atoms with van der Waals surface area (Å²) in [6.07, 6.45) is 0. The van der Waals surface area contributed by atoms with E-state index in [0.717, 1.165) is 5.75 Å². The summed E-state index contributed by atoms with van der Waals surface area (Å²) in [4.78, 5) is 0. The van der Waals surface area contributed by atoms with Crippen LogP contribution in [0, 0.1) is 3.57 Å². The Hall–Kier alpha value is -1.32. The Morgan fingerprint density at radius 1 is 0.783 bits per heavy atom. The summed E-state index contributed by atoms with van der Waals surface area (Å²) in [5.74, 6) is 0.986. The maximum Gasteiger partial charge on any atom is 0.144 e. The molecule has 0 aliphatic rings. The molecule has 0 aliphatic heterocycles. The highest BCUT2D eigenvalue weighted by atomic mass is 127. The Kier molecular flexibility index (Phi) is 5.08. The maximum atomic E-state index is 5.59. The van der Waals surface area contributed by atoms with Crippen LogP contribution in [0.15, 0.2) is 78.9 Å². The number of hydrogen-bond acceptors (Lipinski definition) is 1. The quantitative estimate of drug-likeness (QED) is 0.350. The smallest absolute Gasteiger partial charge is 0.144 e. The van der Waals surface area contributed by atoms with Crippen molar-refractivity contribution in [2.45, 2.75) is 0 Å². The van der Waals surface area contributed by atoms with Gasteiger partial charge in [0.25, 0.3) is 0 Å². The molecule has 4 heteroatoms. The second-order valence-corrected chi connectivity index (χ2v) is 8.21. The Labute approximate surface area is 152 Å². The molecule has 0 aromatic heterocycles. The zero-order chi connectivity index (χ0) is 16.3. The minimum atomic E-state index is -1.42. The lowest BCUT2D eigenvalue weighted by Gasteiger charge is -2.30. The van der Waals surface area contributed by atoms with Gasteiger partial charge >= 0.3 is 0 Å². The fraction of sp³-hybridized carbons (Fsp3) is 0.0526. The molecule has 0 unspecified atom stereocenters. The summed E-state index contributed by atoms with van der Waals surface area (Å²) in [7, 11) is 0.377. The van der Waals surface area contributed by atoms with E-state index in [-0.39, 0.29) is 7.57 Å². The second-order valence-electron chi connectivity index (χ2n) is 4.83.